The second kappa shape index (κ2) is 4.79. The maximum atomic E-state index is 12.6. The summed E-state index contributed by atoms with van der Waals surface area (Å²) in [4.78, 5) is 0. The van der Waals surface area contributed by atoms with Gasteiger partial charge in [-0.05, 0) is 24.1 Å². The molecular weight excluding hydrogens is 260 g/mol. The molecule has 0 fully saturated rings. The van der Waals surface area contributed by atoms with E-state index in [1.807, 2.05) is 0 Å². The Bertz CT molecular complexity index is 421. The lowest BCUT2D eigenvalue weighted by Gasteiger charge is -2.20. The molecule has 0 saturated heterocycles. The van der Waals surface area contributed by atoms with Crippen LogP contribution in [0.5, 0.6) is 0 Å². The van der Waals surface area contributed by atoms with Gasteiger partial charge in [0.25, 0.3) is 0 Å². The van der Waals surface area contributed by atoms with Gasteiger partial charge in [-0.2, -0.15) is 26.3 Å². The van der Waals surface area contributed by atoms with Crippen molar-refractivity contribution in [2.75, 3.05) is 6.54 Å². The van der Waals surface area contributed by atoms with Gasteiger partial charge in [0, 0.05) is 6.54 Å². The molecule has 1 aromatic rings. The molecule has 18 heavy (non-hydrogen) atoms. The summed E-state index contributed by atoms with van der Waals surface area (Å²) in [6, 6.07) is 2.56. The molecule has 1 unspecified atom stereocenters. The highest BCUT2D eigenvalue weighted by Gasteiger charge is 2.41. The molecule has 1 nitrogen and oxygen atoms in total. The quantitative estimate of drug-likeness (QED) is 0.817. The van der Waals surface area contributed by atoms with Crippen molar-refractivity contribution in [1.29, 1.82) is 0 Å². The molecule has 0 amide bonds. The van der Waals surface area contributed by atoms with E-state index in [4.69, 9.17) is 5.73 Å². The van der Waals surface area contributed by atoms with Crippen LogP contribution in [0.3, 0.4) is 0 Å². The van der Waals surface area contributed by atoms with E-state index in [-0.39, 0.29) is 5.56 Å². The van der Waals surface area contributed by atoms with Gasteiger partial charge in [0.2, 0.25) is 0 Å². The fourth-order valence-electron chi connectivity index (χ4n) is 1.62. The lowest BCUT2D eigenvalue weighted by Crippen LogP contribution is -2.28. The minimum Gasteiger partial charge on any atom is -0.330 e. The normalized spacial score (nSPS) is 14.7. The van der Waals surface area contributed by atoms with Crippen LogP contribution in [0.4, 0.5) is 26.3 Å². The van der Waals surface area contributed by atoms with Crippen molar-refractivity contribution in [1.82, 2.24) is 0 Å². The van der Waals surface area contributed by atoms with Crippen molar-refractivity contribution >= 4 is 0 Å². The molecule has 0 heterocycles. The Kier molecular flexibility index (Phi) is 3.95. The van der Waals surface area contributed by atoms with Crippen LogP contribution in [0.2, 0.25) is 0 Å². The minimum atomic E-state index is -4.68. The third-order valence-corrected chi connectivity index (χ3v) is 2.60. The zero-order valence-electron chi connectivity index (χ0n) is 9.36. The highest BCUT2D eigenvalue weighted by atomic mass is 19.4. The fourth-order valence-corrected chi connectivity index (χ4v) is 1.62. The second-order valence-corrected chi connectivity index (χ2v) is 3.90. The van der Waals surface area contributed by atoms with Crippen LogP contribution in [0.25, 0.3) is 0 Å². The summed E-state index contributed by atoms with van der Waals surface area (Å²) in [5.74, 6) is -2.08. The highest BCUT2D eigenvalue weighted by molar-refractivity contribution is 5.35. The number of benzene rings is 1. The largest absolute Gasteiger partial charge is 0.416 e. The predicted molar refractivity (Wildman–Crippen MR) is 54.0 cm³/mol. The Morgan fingerprint density at radius 3 is 2.06 bits per heavy atom. The van der Waals surface area contributed by atoms with Crippen molar-refractivity contribution in [2.24, 2.45) is 5.73 Å². The summed E-state index contributed by atoms with van der Waals surface area (Å²) in [5, 5.41) is 0. The van der Waals surface area contributed by atoms with E-state index in [1.165, 1.54) is 6.92 Å². The number of hydrogen-bond acceptors (Lipinski definition) is 1. The molecule has 0 saturated carbocycles. The van der Waals surface area contributed by atoms with E-state index in [0.29, 0.717) is 6.07 Å². The predicted octanol–water partition coefficient (Wildman–Crippen LogP) is 3.62. The van der Waals surface area contributed by atoms with Gasteiger partial charge in [0.05, 0.1) is 11.5 Å². The Hall–Kier alpha value is -1.24. The van der Waals surface area contributed by atoms with Crippen LogP contribution in [-0.2, 0) is 6.18 Å². The molecule has 2 N–H and O–H groups in total. The molecule has 1 rings (SSSR count). The summed E-state index contributed by atoms with van der Waals surface area (Å²) in [7, 11) is 0. The minimum absolute atomic E-state index is 0.121. The van der Waals surface area contributed by atoms with Crippen LogP contribution in [-0.4, -0.2) is 12.7 Å². The molecule has 102 valence electrons. The third kappa shape index (κ3) is 3.16. The standard InChI is InChI=1S/C11H11F6N/c1-6-2-3-7(4-8(6)10(12,13)14)9(5-18)11(15,16)17/h2-4,9H,5,18H2,1H3. The lowest BCUT2D eigenvalue weighted by atomic mass is 9.94. The maximum absolute atomic E-state index is 12.6. The number of halogens is 6. The van der Waals surface area contributed by atoms with Gasteiger partial charge < -0.3 is 5.73 Å². The summed E-state index contributed by atoms with van der Waals surface area (Å²) in [5.41, 5.74) is 3.33. The molecule has 0 aromatic heterocycles. The number of nitrogens with two attached hydrogens (primary N) is 1. The van der Waals surface area contributed by atoms with E-state index in [2.05, 4.69) is 0 Å². The van der Waals surface area contributed by atoms with Crippen molar-refractivity contribution in [3.05, 3.63) is 34.9 Å². The van der Waals surface area contributed by atoms with E-state index in [1.54, 1.807) is 0 Å². The fraction of sp³-hybridized carbons (Fsp3) is 0.455. The van der Waals surface area contributed by atoms with Crippen LogP contribution < -0.4 is 5.73 Å². The Balaban J connectivity index is 3.28. The first kappa shape index (κ1) is 14.8. The molecule has 1 aromatic carbocycles. The first-order chi connectivity index (χ1) is 8.07. The third-order valence-electron chi connectivity index (χ3n) is 2.60. The van der Waals surface area contributed by atoms with Crippen LogP contribution in [0.1, 0.15) is 22.6 Å². The van der Waals surface area contributed by atoms with Gasteiger partial charge in [-0.1, -0.05) is 12.1 Å². The Morgan fingerprint density at radius 2 is 1.67 bits per heavy atom. The first-order valence-electron chi connectivity index (χ1n) is 5.02. The van der Waals surface area contributed by atoms with E-state index < -0.39 is 35.9 Å². The first-order valence-corrected chi connectivity index (χ1v) is 5.02. The second-order valence-electron chi connectivity index (χ2n) is 3.90. The summed E-state index contributed by atoms with van der Waals surface area (Å²) in [6.45, 7) is 0.404. The highest BCUT2D eigenvalue weighted by Crippen LogP contribution is 2.38. The van der Waals surface area contributed by atoms with Crippen LogP contribution >= 0.6 is 0 Å². The molecule has 0 aliphatic carbocycles. The number of alkyl halides is 6. The van der Waals surface area contributed by atoms with Crippen molar-refractivity contribution in [3.8, 4) is 0 Å². The number of aryl methyl sites for hydroxylation is 1. The van der Waals surface area contributed by atoms with Crippen molar-refractivity contribution in [3.63, 3.8) is 0 Å². The average molecular weight is 271 g/mol. The summed E-state index contributed by atoms with van der Waals surface area (Å²) < 4.78 is 75.5. The summed E-state index contributed by atoms with van der Waals surface area (Å²) in [6.07, 6.45) is -9.34. The molecular formula is C11H11F6N. The molecule has 7 heteroatoms. The average Bonchev–Trinajstić information content (AvgIpc) is 2.17. The van der Waals surface area contributed by atoms with E-state index >= 15 is 0 Å². The van der Waals surface area contributed by atoms with Crippen LogP contribution in [0.15, 0.2) is 18.2 Å². The van der Waals surface area contributed by atoms with Crippen molar-refractivity contribution in [2.45, 2.75) is 25.2 Å². The summed E-state index contributed by atoms with van der Waals surface area (Å²) >= 11 is 0. The Morgan fingerprint density at radius 1 is 1.11 bits per heavy atom. The molecule has 0 aliphatic heterocycles. The zero-order chi connectivity index (χ0) is 14.1. The van der Waals surface area contributed by atoms with Gasteiger partial charge in [-0.3, -0.25) is 0 Å². The molecule has 0 bridgehead atoms. The van der Waals surface area contributed by atoms with E-state index in [0.717, 1.165) is 12.1 Å². The molecule has 0 spiro atoms. The number of hydrogen-bond donors (Lipinski definition) is 1. The van der Waals surface area contributed by atoms with Gasteiger partial charge in [-0.25, -0.2) is 0 Å². The van der Waals surface area contributed by atoms with Gasteiger partial charge in [0.1, 0.15) is 0 Å². The molecule has 0 radical (unpaired) electrons. The lowest BCUT2D eigenvalue weighted by molar-refractivity contribution is -0.149. The smallest absolute Gasteiger partial charge is 0.330 e. The van der Waals surface area contributed by atoms with Crippen molar-refractivity contribution < 1.29 is 26.3 Å². The van der Waals surface area contributed by atoms with Gasteiger partial charge in [-0.15, -0.1) is 0 Å². The topological polar surface area (TPSA) is 26.0 Å². The monoisotopic (exact) mass is 271 g/mol. The zero-order valence-corrected chi connectivity index (χ0v) is 9.36. The van der Waals surface area contributed by atoms with E-state index in [9.17, 15) is 26.3 Å². The van der Waals surface area contributed by atoms with Gasteiger partial charge in [0.15, 0.2) is 0 Å². The SMILES string of the molecule is Cc1ccc(C(CN)C(F)(F)F)cc1C(F)(F)F. The van der Waals surface area contributed by atoms with Crippen LogP contribution in [0, 0.1) is 6.92 Å². The molecule has 0 aliphatic rings. The number of rotatable bonds is 2. The van der Waals surface area contributed by atoms with Gasteiger partial charge >= 0.3 is 12.4 Å². The molecule has 1 atom stereocenters. The Labute approximate surface area is 99.6 Å². The maximum Gasteiger partial charge on any atom is 0.416 e.